The van der Waals surface area contributed by atoms with E-state index in [0.717, 1.165) is 5.69 Å². The Morgan fingerprint density at radius 3 is 3.00 bits per heavy atom. The summed E-state index contributed by atoms with van der Waals surface area (Å²) < 4.78 is 3.98. The normalized spacial score (nSPS) is 12.5. The number of hydrogen-bond acceptors (Lipinski definition) is 4. The largest absolute Gasteiger partial charge is 0.392 e. The number of carbonyl (C=O) groups is 1. The van der Waals surface area contributed by atoms with E-state index in [1.54, 1.807) is 19.2 Å². The molecule has 1 atom stereocenters. The third-order valence-corrected chi connectivity index (χ3v) is 2.27. The summed E-state index contributed by atoms with van der Waals surface area (Å²) in [5, 5.41) is 13.2. The number of aliphatic hydroxyl groups is 1. The van der Waals surface area contributed by atoms with Crippen molar-refractivity contribution < 1.29 is 9.90 Å². The van der Waals surface area contributed by atoms with Gasteiger partial charge in [-0.05, 0) is 25.4 Å². The fourth-order valence-electron chi connectivity index (χ4n) is 0.846. The minimum atomic E-state index is -0.518. The average molecular weight is 200 g/mol. The van der Waals surface area contributed by atoms with Gasteiger partial charge >= 0.3 is 0 Å². The predicted octanol–water partition coefficient (Wildman–Crippen LogP) is 0.562. The van der Waals surface area contributed by atoms with E-state index in [2.05, 4.69) is 9.69 Å². The first-order valence-corrected chi connectivity index (χ1v) is 4.82. The van der Waals surface area contributed by atoms with Gasteiger partial charge in [-0.3, -0.25) is 4.79 Å². The number of hydrogen-bond donors (Lipinski definition) is 2. The predicted molar refractivity (Wildman–Crippen MR) is 50.9 cm³/mol. The van der Waals surface area contributed by atoms with Crippen molar-refractivity contribution in [2.75, 3.05) is 6.54 Å². The van der Waals surface area contributed by atoms with Crippen LogP contribution in [0, 0.1) is 6.92 Å². The summed E-state index contributed by atoms with van der Waals surface area (Å²) in [4.78, 5) is 11.4. The molecule has 0 fully saturated rings. The number of carbonyl (C=O) groups excluding carboxylic acids is 1. The zero-order valence-corrected chi connectivity index (χ0v) is 8.39. The summed E-state index contributed by atoms with van der Waals surface area (Å²) in [7, 11) is 0. The van der Waals surface area contributed by atoms with E-state index < -0.39 is 6.10 Å². The molecular weight excluding hydrogens is 188 g/mol. The van der Waals surface area contributed by atoms with Crippen molar-refractivity contribution >= 4 is 17.4 Å². The molecule has 0 spiro atoms. The Morgan fingerprint density at radius 1 is 1.85 bits per heavy atom. The van der Waals surface area contributed by atoms with Crippen molar-refractivity contribution in [2.45, 2.75) is 20.0 Å². The van der Waals surface area contributed by atoms with Gasteiger partial charge in [0.05, 0.1) is 17.4 Å². The first-order chi connectivity index (χ1) is 6.11. The molecule has 0 radical (unpaired) electrons. The maximum Gasteiger partial charge on any atom is 0.254 e. The zero-order chi connectivity index (χ0) is 9.84. The van der Waals surface area contributed by atoms with Crippen LogP contribution in [0.4, 0.5) is 0 Å². The molecule has 1 heterocycles. The van der Waals surface area contributed by atoms with Crippen LogP contribution in [0.1, 0.15) is 23.0 Å². The smallest absolute Gasteiger partial charge is 0.254 e. The SMILES string of the molecule is Cc1nscc1C(=O)NCC(C)O. The molecule has 1 rings (SSSR count). The number of nitrogens with one attached hydrogen (secondary N) is 1. The number of nitrogens with zero attached hydrogens (tertiary/aromatic N) is 1. The zero-order valence-electron chi connectivity index (χ0n) is 7.57. The molecule has 1 aromatic rings. The van der Waals surface area contributed by atoms with Crippen LogP contribution in [0.3, 0.4) is 0 Å². The maximum absolute atomic E-state index is 11.4. The Labute approximate surface area is 80.8 Å². The van der Waals surface area contributed by atoms with Crippen LogP contribution in [-0.4, -0.2) is 28.0 Å². The van der Waals surface area contributed by atoms with Gasteiger partial charge in [0.1, 0.15) is 0 Å². The molecule has 0 saturated heterocycles. The Hall–Kier alpha value is -0.940. The quantitative estimate of drug-likeness (QED) is 0.749. The summed E-state index contributed by atoms with van der Waals surface area (Å²) in [5.41, 5.74) is 1.32. The van der Waals surface area contributed by atoms with Crippen molar-refractivity contribution in [3.05, 3.63) is 16.6 Å². The van der Waals surface area contributed by atoms with E-state index in [0.29, 0.717) is 5.56 Å². The fraction of sp³-hybridized carbons (Fsp3) is 0.500. The maximum atomic E-state index is 11.4. The molecule has 0 bridgehead atoms. The summed E-state index contributed by atoms with van der Waals surface area (Å²) in [6, 6.07) is 0. The molecule has 0 aliphatic rings. The first-order valence-electron chi connectivity index (χ1n) is 3.98. The van der Waals surface area contributed by atoms with Gasteiger partial charge < -0.3 is 10.4 Å². The Balaban J connectivity index is 2.54. The van der Waals surface area contributed by atoms with Gasteiger partial charge in [-0.25, -0.2) is 0 Å². The molecule has 0 aliphatic heterocycles. The highest BCUT2D eigenvalue weighted by atomic mass is 32.1. The van der Waals surface area contributed by atoms with E-state index in [4.69, 9.17) is 5.11 Å². The molecule has 2 N–H and O–H groups in total. The van der Waals surface area contributed by atoms with Gasteiger partial charge in [0.15, 0.2) is 0 Å². The van der Waals surface area contributed by atoms with Gasteiger partial charge in [-0.15, -0.1) is 0 Å². The second kappa shape index (κ2) is 4.34. The molecule has 0 aromatic carbocycles. The van der Waals surface area contributed by atoms with E-state index in [9.17, 15) is 4.79 Å². The standard InChI is InChI=1S/C8H12N2O2S/c1-5(11)3-9-8(12)7-4-13-10-6(7)2/h4-5,11H,3H2,1-2H3,(H,9,12). The van der Waals surface area contributed by atoms with Gasteiger partial charge in [-0.2, -0.15) is 4.37 Å². The third-order valence-electron chi connectivity index (χ3n) is 1.55. The number of rotatable bonds is 3. The summed E-state index contributed by atoms with van der Waals surface area (Å²) >= 11 is 1.26. The van der Waals surface area contributed by atoms with Gasteiger partial charge in [0.25, 0.3) is 5.91 Å². The number of amides is 1. The lowest BCUT2D eigenvalue weighted by Crippen LogP contribution is -2.30. The van der Waals surface area contributed by atoms with E-state index in [-0.39, 0.29) is 12.5 Å². The van der Waals surface area contributed by atoms with Crippen LogP contribution >= 0.6 is 11.5 Å². The second-order valence-corrected chi connectivity index (χ2v) is 3.50. The summed E-state index contributed by atoms with van der Waals surface area (Å²) in [6.07, 6.45) is -0.518. The first kappa shape index (κ1) is 10.1. The molecule has 1 unspecified atom stereocenters. The highest BCUT2D eigenvalue weighted by Gasteiger charge is 2.10. The molecule has 5 heteroatoms. The monoisotopic (exact) mass is 200 g/mol. The van der Waals surface area contributed by atoms with Gasteiger partial charge in [0, 0.05) is 11.9 Å². The van der Waals surface area contributed by atoms with Crippen molar-refractivity contribution in [1.29, 1.82) is 0 Å². The van der Waals surface area contributed by atoms with Crippen molar-refractivity contribution in [2.24, 2.45) is 0 Å². The Bertz CT molecular complexity index is 296. The lowest BCUT2D eigenvalue weighted by Gasteiger charge is -2.05. The summed E-state index contributed by atoms with van der Waals surface area (Å²) in [5.74, 6) is -0.174. The minimum Gasteiger partial charge on any atom is -0.392 e. The highest BCUT2D eigenvalue weighted by molar-refractivity contribution is 7.03. The van der Waals surface area contributed by atoms with E-state index in [1.165, 1.54) is 11.5 Å². The molecule has 0 aliphatic carbocycles. The number of aliphatic hydroxyl groups excluding tert-OH is 1. The molecule has 13 heavy (non-hydrogen) atoms. The second-order valence-electron chi connectivity index (χ2n) is 2.87. The minimum absolute atomic E-state index is 0.174. The lowest BCUT2D eigenvalue weighted by atomic mass is 10.2. The molecule has 1 aromatic heterocycles. The molecule has 72 valence electrons. The van der Waals surface area contributed by atoms with Crippen LogP contribution in [0.5, 0.6) is 0 Å². The molecule has 1 amide bonds. The van der Waals surface area contributed by atoms with Crippen LogP contribution in [0.25, 0.3) is 0 Å². The Morgan fingerprint density at radius 2 is 2.54 bits per heavy atom. The van der Waals surface area contributed by atoms with Crippen LogP contribution < -0.4 is 5.32 Å². The fourth-order valence-corrected chi connectivity index (χ4v) is 1.54. The van der Waals surface area contributed by atoms with E-state index >= 15 is 0 Å². The average Bonchev–Trinajstić information content (AvgIpc) is 2.47. The van der Waals surface area contributed by atoms with Crippen LogP contribution in [-0.2, 0) is 0 Å². The van der Waals surface area contributed by atoms with Gasteiger partial charge in [0.2, 0.25) is 0 Å². The highest BCUT2D eigenvalue weighted by Crippen LogP contribution is 2.08. The van der Waals surface area contributed by atoms with Crippen LogP contribution in [0.2, 0.25) is 0 Å². The lowest BCUT2D eigenvalue weighted by molar-refractivity contribution is 0.0923. The topological polar surface area (TPSA) is 62.2 Å². The Kier molecular flexibility index (Phi) is 3.39. The van der Waals surface area contributed by atoms with Crippen molar-refractivity contribution in [1.82, 2.24) is 9.69 Å². The van der Waals surface area contributed by atoms with Crippen molar-refractivity contribution in [3.63, 3.8) is 0 Å². The summed E-state index contributed by atoms with van der Waals surface area (Å²) in [6.45, 7) is 3.68. The molecular formula is C8H12N2O2S. The number of aromatic nitrogens is 1. The third kappa shape index (κ3) is 2.78. The van der Waals surface area contributed by atoms with Gasteiger partial charge in [-0.1, -0.05) is 0 Å². The van der Waals surface area contributed by atoms with Crippen LogP contribution in [0.15, 0.2) is 5.38 Å². The number of aryl methyl sites for hydroxylation is 1. The molecule has 0 saturated carbocycles. The van der Waals surface area contributed by atoms with Crippen molar-refractivity contribution in [3.8, 4) is 0 Å². The van der Waals surface area contributed by atoms with E-state index in [1.807, 2.05) is 0 Å². The molecule has 4 nitrogen and oxygen atoms in total.